The zero-order valence-electron chi connectivity index (χ0n) is 13.1. The van der Waals surface area contributed by atoms with Gasteiger partial charge in [-0.15, -0.1) is 12.4 Å². The molecule has 1 aliphatic carbocycles. The maximum atomic E-state index is 5.55. The topological polar surface area (TPSA) is 32.3 Å². The van der Waals surface area contributed by atoms with Crippen molar-refractivity contribution in [3.05, 3.63) is 35.3 Å². The molecule has 2 aromatic rings. The first kappa shape index (κ1) is 16.6. The van der Waals surface area contributed by atoms with E-state index in [-0.39, 0.29) is 12.4 Å². The van der Waals surface area contributed by atoms with Crippen molar-refractivity contribution in [1.29, 1.82) is 0 Å². The van der Waals surface area contributed by atoms with Crippen LogP contribution in [0.25, 0.3) is 17.1 Å². The number of nitrogens with zero attached hydrogens (tertiary/aromatic N) is 4. The molecule has 0 fully saturated rings. The maximum Gasteiger partial charge on any atom is 0.113 e. The molecular weight excluding hydrogens is 316 g/mol. The van der Waals surface area contributed by atoms with E-state index in [2.05, 4.69) is 21.9 Å². The summed E-state index contributed by atoms with van der Waals surface area (Å²) in [6, 6.07) is 6.06. The van der Waals surface area contributed by atoms with Gasteiger partial charge in [-0.1, -0.05) is 18.3 Å². The van der Waals surface area contributed by atoms with Crippen LogP contribution in [-0.2, 0) is 0 Å². The average molecular weight is 335 g/mol. The third kappa shape index (κ3) is 2.78. The second-order valence-corrected chi connectivity index (χ2v) is 6.12. The number of aromatic nitrogens is 2. The number of halogens is 1. The Hall–Kier alpha value is -1.72. The van der Waals surface area contributed by atoms with Gasteiger partial charge in [0.05, 0.1) is 16.9 Å². The molecule has 6 heteroatoms. The predicted molar refractivity (Wildman–Crippen MR) is 99.1 cm³/mol. The second kappa shape index (κ2) is 6.18. The monoisotopic (exact) mass is 334 g/mol. The number of benzene rings is 1. The Morgan fingerprint density at radius 3 is 2.41 bits per heavy atom. The van der Waals surface area contributed by atoms with Gasteiger partial charge in [-0.05, 0) is 18.2 Å². The van der Waals surface area contributed by atoms with Gasteiger partial charge in [0.25, 0.3) is 0 Å². The summed E-state index contributed by atoms with van der Waals surface area (Å²) in [6.45, 7) is 0. The van der Waals surface area contributed by atoms with Crippen LogP contribution >= 0.6 is 24.6 Å². The van der Waals surface area contributed by atoms with Crippen LogP contribution < -0.4 is 4.90 Å². The van der Waals surface area contributed by atoms with Crippen molar-refractivity contribution in [2.75, 3.05) is 33.1 Å². The highest BCUT2D eigenvalue weighted by molar-refractivity contribution is 7.80. The van der Waals surface area contributed by atoms with Crippen LogP contribution in [-0.4, -0.2) is 47.9 Å². The molecule has 0 saturated heterocycles. The van der Waals surface area contributed by atoms with E-state index in [0.717, 1.165) is 39.4 Å². The number of anilines is 1. The molecule has 0 saturated carbocycles. The highest BCUT2D eigenvalue weighted by atomic mass is 35.5. The first-order valence-corrected chi connectivity index (χ1v) is 7.27. The summed E-state index contributed by atoms with van der Waals surface area (Å²) in [4.78, 5) is 14.6. The largest absolute Gasteiger partial charge is 0.381 e. The summed E-state index contributed by atoms with van der Waals surface area (Å²) < 4.78 is 0. The number of allylic oxidation sites excluding steroid dienone is 1. The molecule has 1 heterocycles. The van der Waals surface area contributed by atoms with Crippen LogP contribution in [0.15, 0.2) is 23.9 Å². The van der Waals surface area contributed by atoms with Crippen molar-refractivity contribution in [3.8, 4) is 0 Å². The average Bonchev–Trinajstić information content (AvgIpc) is 2.44. The van der Waals surface area contributed by atoms with Crippen molar-refractivity contribution in [2.45, 2.75) is 6.42 Å². The normalized spacial score (nSPS) is 13.3. The Kier molecular flexibility index (Phi) is 4.68. The maximum absolute atomic E-state index is 5.55. The summed E-state index contributed by atoms with van der Waals surface area (Å²) >= 11 is 5.55. The third-order valence-electron chi connectivity index (χ3n) is 3.67. The molecule has 1 aliphatic rings. The Morgan fingerprint density at radius 1 is 1.05 bits per heavy atom. The molecule has 0 aliphatic heterocycles. The van der Waals surface area contributed by atoms with Crippen LogP contribution in [0.5, 0.6) is 0 Å². The SMILES string of the molecule is CN(C)C1=Cc2nc3cccc(N(C)C)c3nc2C(=S)C1.Cl. The molecule has 1 aromatic carbocycles. The lowest BCUT2D eigenvalue weighted by molar-refractivity contribution is 0.509. The van der Waals surface area contributed by atoms with E-state index in [1.165, 1.54) is 5.70 Å². The van der Waals surface area contributed by atoms with Crippen molar-refractivity contribution in [2.24, 2.45) is 0 Å². The Morgan fingerprint density at radius 2 is 1.77 bits per heavy atom. The molecule has 1 aromatic heterocycles. The van der Waals surface area contributed by atoms with Gasteiger partial charge in [-0.25, -0.2) is 9.97 Å². The number of rotatable bonds is 2. The lowest BCUT2D eigenvalue weighted by atomic mass is 10.0. The van der Waals surface area contributed by atoms with Crippen LogP contribution in [0.1, 0.15) is 17.8 Å². The van der Waals surface area contributed by atoms with Gasteiger partial charge in [0.1, 0.15) is 11.2 Å². The molecule has 0 amide bonds. The van der Waals surface area contributed by atoms with Gasteiger partial charge in [-0.2, -0.15) is 0 Å². The number of hydrogen-bond donors (Lipinski definition) is 0. The highest BCUT2D eigenvalue weighted by Crippen LogP contribution is 2.28. The quantitative estimate of drug-likeness (QED) is 0.788. The summed E-state index contributed by atoms with van der Waals surface area (Å²) in [5.41, 5.74) is 5.76. The molecule has 4 nitrogen and oxygen atoms in total. The fraction of sp³-hybridized carbons (Fsp3) is 0.312. The summed E-state index contributed by atoms with van der Waals surface area (Å²) in [5, 5.41) is 0. The molecule has 0 bridgehead atoms. The van der Waals surface area contributed by atoms with E-state index in [1.54, 1.807) is 0 Å². The first-order valence-electron chi connectivity index (χ1n) is 6.86. The van der Waals surface area contributed by atoms with Crippen LogP contribution in [0.3, 0.4) is 0 Å². The van der Waals surface area contributed by atoms with Crippen molar-refractivity contribution < 1.29 is 0 Å². The predicted octanol–water partition coefficient (Wildman–Crippen LogP) is 3.14. The van der Waals surface area contributed by atoms with Gasteiger partial charge in [0.15, 0.2) is 0 Å². The molecular formula is C16H19ClN4S. The number of para-hydroxylation sites is 1. The van der Waals surface area contributed by atoms with E-state index in [9.17, 15) is 0 Å². The number of thiocarbonyl (C=S) groups is 1. The van der Waals surface area contributed by atoms with Gasteiger partial charge in [-0.3, -0.25) is 0 Å². The van der Waals surface area contributed by atoms with Gasteiger partial charge in [0, 0.05) is 45.2 Å². The number of fused-ring (bicyclic) bond motifs is 2. The summed E-state index contributed by atoms with van der Waals surface area (Å²) in [7, 11) is 8.08. The van der Waals surface area contributed by atoms with Crippen molar-refractivity contribution >= 4 is 52.3 Å². The molecule has 0 N–H and O–H groups in total. The lowest BCUT2D eigenvalue weighted by Crippen LogP contribution is -2.20. The Balaban J connectivity index is 0.00000176. The molecule has 0 spiro atoms. The van der Waals surface area contributed by atoms with Crippen LogP contribution in [0.2, 0.25) is 0 Å². The standard InChI is InChI=1S/C16H18N4S.ClH/c1-19(2)10-8-12-16(14(21)9-10)18-15-11(17-12)6-5-7-13(15)20(3)4;/h5-8H,9H2,1-4H3;1H. The van der Waals surface area contributed by atoms with Crippen LogP contribution in [0, 0.1) is 0 Å². The van der Waals surface area contributed by atoms with Gasteiger partial charge in [0.2, 0.25) is 0 Å². The van der Waals surface area contributed by atoms with Crippen molar-refractivity contribution in [3.63, 3.8) is 0 Å². The summed E-state index contributed by atoms with van der Waals surface area (Å²) in [6.07, 6.45) is 2.83. The van der Waals surface area contributed by atoms with E-state index in [4.69, 9.17) is 22.2 Å². The minimum Gasteiger partial charge on any atom is -0.381 e. The fourth-order valence-corrected chi connectivity index (χ4v) is 2.79. The smallest absolute Gasteiger partial charge is 0.113 e. The zero-order chi connectivity index (χ0) is 15.1. The highest BCUT2D eigenvalue weighted by Gasteiger charge is 2.20. The molecule has 0 unspecified atom stereocenters. The van der Waals surface area contributed by atoms with E-state index in [0.29, 0.717) is 0 Å². The summed E-state index contributed by atoms with van der Waals surface area (Å²) in [5.74, 6) is 0. The van der Waals surface area contributed by atoms with Gasteiger partial charge >= 0.3 is 0 Å². The molecule has 3 rings (SSSR count). The fourth-order valence-electron chi connectivity index (χ4n) is 2.49. The van der Waals surface area contributed by atoms with E-state index >= 15 is 0 Å². The van der Waals surface area contributed by atoms with Gasteiger partial charge < -0.3 is 9.80 Å². The first-order chi connectivity index (χ1) is 9.97. The van der Waals surface area contributed by atoms with E-state index < -0.39 is 0 Å². The van der Waals surface area contributed by atoms with Crippen LogP contribution in [0.4, 0.5) is 5.69 Å². The second-order valence-electron chi connectivity index (χ2n) is 5.63. The minimum atomic E-state index is 0. The molecule has 0 radical (unpaired) electrons. The number of hydrogen-bond acceptors (Lipinski definition) is 5. The van der Waals surface area contributed by atoms with E-state index in [1.807, 2.05) is 40.3 Å². The lowest BCUT2D eigenvalue weighted by Gasteiger charge is -2.23. The Bertz CT molecular complexity index is 768. The Labute approximate surface area is 142 Å². The third-order valence-corrected chi connectivity index (χ3v) is 4.00. The minimum absolute atomic E-state index is 0. The van der Waals surface area contributed by atoms with Crippen molar-refractivity contribution in [1.82, 2.24) is 14.9 Å². The molecule has 22 heavy (non-hydrogen) atoms. The molecule has 116 valence electrons. The zero-order valence-corrected chi connectivity index (χ0v) is 14.8. The molecule has 0 atom stereocenters.